The molecule has 19 heavy (non-hydrogen) atoms. The number of benzene rings is 1. The molecule has 1 atom stereocenters. The summed E-state index contributed by atoms with van der Waals surface area (Å²) in [5, 5.41) is 4.28. The van der Waals surface area contributed by atoms with Crippen LogP contribution in [-0.2, 0) is 13.0 Å². The first-order valence-electron chi connectivity index (χ1n) is 6.73. The van der Waals surface area contributed by atoms with Crippen LogP contribution < -0.4 is 5.32 Å². The average Bonchev–Trinajstić information content (AvgIpc) is 2.85. The molecule has 1 heterocycles. The first-order chi connectivity index (χ1) is 9.24. The zero-order valence-corrected chi connectivity index (χ0v) is 12.2. The molecule has 0 spiro atoms. The topological polar surface area (TPSA) is 29.9 Å². The van der Waals surface area contributed by atoms with Crippen LogP contribution in [0.4, 0.5) is 0 Å². The van der Waals surface area contributed by atoms with Crippen molar-refractivity contribution in [3.05, 3.63) is 53.1 Å². The van der Waals surface area contributed by atoms with Crippen molar-refractivity contribution >= 4 is 11.6 Å². The van der Waals surface area contributed by atoms with Gasteiger partial charge in [-0.3, -0.25) is 0 Å². The normalized spacial score (nSPS) is 12.6. The van der Waals surface area contributed by atoms with Crippen molar-refractivity contribution in [1.82, 2.24) is 14.9 Å². The molecule has 1 N–H and O–H groups in total. The molecule has 3 nitrogen and oxygen atoms in total. The number of imidazole rings is 1. The van der Waals surface area contributed by atoms with E-state index in [4.69, 9.17) is 11.6 Å². The predicted molar refractivity (Wildman–Crippen MR) is 79.5 cm³/mol. The molecule has 2 aromatic rings. The quantitative estimate of drug-likeness (QED) is 0.876. The lowest BCUT2D eigenvalue weighted by Crippen LogP contribution is -2.24. The molecule has 0 fully saturated rings. The Morgan fingerprint density at radius 3 is 2.89 bits per heavy atom. The van der Waals surface area contributed by atoms with Gasteiger partial charge in [0, 0.05) is 36.4 Å². The van der Waals surface area contributed by atoms with E-state index in [1.165, 1.54) is 5.56 Å². The SMILES string of the molecule is CCNC(Cc1nccn1CC)c1cccc(Cl)c1. The van der Waals surface area contributed by atoms with Crippen LogP contribution in [0.1, 0.15) is 31.3 Å². The summed E-state index contributed by atoms with van der Waals surface area (Å²) < 4.78 is 2.18. The van der Waals surface area contributed by atoms with Crippen LogP contribution in [0.3, 0.4) is 0 Å². The molecular formula is C15H20ClN3. The van der Waals surface area contributed by atoms with Gasteiger partial charge in [0.05, 0.1) is 0 Å². The second-order valence-electron chi connectivity index (χ2n) is 4.50. The molecule has 0 aliphatic rings. The highest BCUT2D eigenvalue weighted by Gasteiger charge is 2.14. The molecular weight excluding hydrogens is 258 g/mol. The third-order valence-electron chi connectivity index (χ3n) is 3.23. The van der Waals surface area contributed by atoms with Gasteiger partial charge in [0.15, 0.2) is 0 Å². The molecule has 4 heteroatoms. The number of rotatable bonds is 6. The van der Waals surface area contributed by atoms with Crippen LogP contribution in [-0.4, -0.2) is 16.1 Å². The fraction of sp³-hybridized carbons (Fsp3) is 0.400. The predicted octanol–water partition coefficient (Wildman–Crippen LogP) is 3.45. The van der Waals surface area contributed by atoms with Gasteiger partial charge in [-0.25, -0.2) is 4.98 Å². The monoisotopic (exact) mass is 277 g/mol. The maximum absolute atomic E-state index is 6.08. The van der Waals surface area contributed by atoms with Gasteiger partial charge in [-0.05, 0) is 31.2 Å². The number of hydrogen-bond acceptors (Lipinski definition) is 2. The van der Waals surface area contributed by atoms with E-state index in [9.17, 15) is 0 Å². The van der Waals surface area contributed by atoms with Gasteiger partial charge in [0.25, 0.3) is 0 Å². The van der Waals surface area contributed by atoms with E-state index < -0.39 is 0 Å². The number of halogens is 1. The van der Waals surface area contributed by atoms with Crippen molar-refractivity contribution in [2.24, 2.45) is 0 Å². The van der Waals surface area contributed by atoms with Crippen molar-refractivity contribution in [3.63, 3.8) is 0 Å². The molecule has 0 aliphatic carbocycles. The van der Waals surface area contributed by atoms with Crippen molar-refractivity contribution < 1.29 is 0 Å². The summed E-state index contributed by atoms with van der Waals surface area (Å²) in [7, 11) is 0. The van der Waals surface area contributed by atoms with Gasteiger partial charge in [-0.15, -0.1) is 0 Å². The molecule has 0 amide bonds. The number of nitrogens with zero attached hydrogens (tertiary/aromatic N) is 2. The van der Waals surface area contributed by atoms with Crippen LogP contribution in [0.2, 0.25) is 5.02 Å². The Hall–Kier alpha value is -1.32. The summed E-state index contributed by atoms with van der Waals surface area (Å²) in [6.07, 6.45) is 4.76. The van der Waals surface area contributed by atoms with Crippen molar-refractivity contribution in [2.45, 2.75) is 32.9 Å². The molecule has 0 bridgehead atoms. The summed E-state index contributed by atoms with van der Waals surface area (Å²) in [5.74, 6) is 1.11. The zero-order chi connectivity index (χ0) is 13.7. The average molecular weight is 278 g/mol. The molecule has 0 aliphatic heterocycles. The summed E-state index contributed by atoms with van der Waals surface area (Å²) >= 11 is 6.08. The third-order valence-corrected chi connectivity index (χ3v) is 3.47. The minimum atomic E-state index is 0.247. The second-order valence-corrected chi connectivity index (χ2v) is 4.94. The fourth-order valence-corrected chi connectivity index (χ4v) is 2.48. The van der Waals surface area contributed by atoms with Crippen LogP contribution in [0.5, 0.6) is 0 Å². The van der Waals surface area contributed by atoms with Gasteiger partial charge in [-0.1, -0.05) is 30.7 Å². The lowest BCUT2D eigenvalue weighted by molar-refractivity contribution is 0.522. The van der Waals surface area contributed by atoms with Crippen LogP contribution in [0, 0.1) is 0 Å². The minimum Gasteiger partial charge on any atom is -0.335 e. The van der Waals surface area contributed by atoms with E-state index in [-0.39, 0.29) is 6.04 Å². The van der Waals surface area contributed by atoms with E-state index >= 15 is 0 Å². The largest absolute Gasteiger partial charge is 0.335 e. The van der Waals surface area contributed by atoms with Gasteiger partial charge in [-0.2, -0.15) is 0 Å². The van der Waals surface area contributed by atoms with Crippen molar-refractivity contribution in [2.75, 3.05) is 6.54 Å². The number of aryl methyl sites for hydroxylation is 1. The molecule has 1 unspecified atom stereocenters. The number of likely N-dealkylation sites (N-methyl/N-ethyl adjacent to an activating group) is 1. The summed E-state index contributed by atoms with van der Waals surface area (Å²) in [6.45, 7) is 6.12. The Morgan fingerprint density at radius 1 is 1.37 bits per heavy atom. The molecule has 102 valence electrons. The smallest absolute Gasteiger partial charge is 0.110 e. The van der Waals surface area contributed by atoms with E-state index in [1.54, 1.807) is 0 Å². The van der Waals surface area contributed by atoms with Gasteiger partial charge in [0.1, 0.15) is 5.82 Å². The van der Waals surface area contributed by atoms with E-state index in [1.807, 2.05) is 30.6 Å². The fourth-order valence-electron chi connectivity index (χ4n) is 2.28. The highest BCUT2D eigenvalue weighted by atomic mass is 35.5. The molecule has 2 rings (SSSR count). The standard InChI is InChI=1S/C15H20ClN3/c1-3-17-14(12-6-5-7-13(16)10-12)11-15-18-8-9-19(15)4-2/h5-10,14,17H,3-4,11H2,1-2H3. The Bertz CT molecular complexity index is 522. The Morgan fingerprint density at radius 2 is 2.21 bits per heavy atom. The first-order valence-corrected chi connectivity index (χ1v) is 7.11. The van der Waals surface area contributed by atoms with Crippen LogP contribution >= 0.6 is 11.6 Å². The third kappa shape index (κ3) is 3.58. The van der Waals surface area contributed by atoms with E-state index in [0.29, 0.717) is 0 Å². The van der Waals surface area contributed by atoms with Crippen LogP contribution in [0.15, 0.2) is 36.7 Å². The molecule has 0 radical (unpaired) electrons. The van der Waals surface area contributed by atoms with Crippen molar-refractivity contribution in [1.29, 1.82) is 0 Å². The Kier molecular flexibility index (Phi) is 5.00. The minimum absolute atomic E-state index is 0.247. The molecule has 1 aromatic carbocycles. The zero-order valence-electron chi connectivity index (χ0n) is 11.4. The lowest BCUT2D eigenvalue weighted by atomic mass is 10.0. The number of nitrogens with one attached hydrogen (secondary N) is 1. The Balaban J connectivity index is 2.21. The highest BCUT2D eigenvalue weighted by Crippen LogP contribution is 2.21. The summed E-state index contributed by atoms with van der Waals surface area (Å²) in [4.78, 5) is 4.45. The molecule has 1 aromatic heterocycles. The van der Waals surface area contributed by atoms with Gasteiger partial charge >= 0.3 is 0 Å². The number of hydrogen-bond donors (Lipinski definition) is 1. The summed E-state index contributed by atoms with van der Waals surface area (Å²) in [6, 6.07) is 8.28. The first kappa shape index (κ1) is 14.1. The maximum Gasteiger partial charge on any atom is 0.110 e. The van der Waals surface area contributed by atoms with Gasteiger partial charge in [0.2, 0.25) is 0 Å². The lowest BCUT2D eigenvalue weighted by Gasteiger charge is -2.19. The molecule has 0 saturated carbocycles. The number of aromatic nitrogens is 2. The van der Waals surface area contributed by atoms with Crippen LogP contribution in [0.25, 0.3) is 0 Å². The van der Waals surface area contributed by atoms with Gasteiger partial charge < -0.3 is 9.88 Å². The van der Waals surface area contributed by atoms with Crippen molar-refractivity contribution in [3.8, 4) is 0 Å². The Labute approximate surface area is 119 Å². The molecule has 0 saturated heterocycles. The summed E-state index contributed by atoms with van der Waals surface area (Å²) in [5.41, 5.74) is 1.21. The highest BCUT2D eigenvalue weighted by molar-refractivity contribution is 6.30. The maximum atomic E-state index is 6.08. The van der Waals surface area contributed by atoms with E-state index in [0.717, 1.165) is 30.4 Å². The van der Waals surface area contributed by atoms with E-state index in [2.05, 4.69) is 34.8 Å². The second kappa shape index (κ2) is 6.73.